The minimum Gasteiger partial charge on any atom is -0.379 e. The van der Waals surface area contributed by atoms with E-state index in [1.54, 1.807) is 0 Å². The molecule has 5 heteroatoms. The van der Waals surface area contributed by atoms with Crippen LogP contribution in [0.25, 0.3) is 0 Å². The molecule has 3 rings (SSSR count). The van der Waals surface area contributed by atoms with Crippen LogP contribution in [-0.4, -0.2) is 57.4 Å². The van der Waals surface area contributed by atoms with E-state index in [0.29, 0.717) is 6.04 Å². The Bertz CT molecular complexity index is 477. The Labute approximate surface area is 135 Å². The lowest BCUT2D eigenvalue weighted by Crippen LogP contribution is -2.44. The van der Waals surface area contributed by atoms with Crippen LogP contribution in [0.15, 0.2) is 22.7 Å². The van der Waals surface area contributed by atoms with Crippen molar-refractivity contribution in [2.45, 2.75) is 19.0 Å². The summed E-state index contributed by atoms with van der Waals surface area (Å²) in [6, 6.07) is 7.41. The van der Waals surface area contributed by atoms with Crippen molar-refractivity contribution in [2.24, 2.45) is 0 Å². The predicted octanol–water partition coefficient (Wildman–Crippen LogP) is 2.08. The van der Waals surface area contributed by atoms with E-state index in [1.165, 1.54) is 22.1 Å². The Hall–Kier alpha value is -0.620. The van der Waals surface area contributed by atoms with E-state index in [4.69, 9.17) is 4.74 Å². The molecule has 0 aliphatic carbocycles. The fourth-order valence-electron chi connectivity index (χ4n) is 3.28. The Morgan fingerprint density at radius 1 is 1.29 bits per heavy atom. The van der Waals surface area contributed by atoms with Crippen LogP contribution in [0.1, 0.15) is 12.0 Å². The molecule has 1 aromatic carbocycles. The molecule has 0 aromatic heterocycles. The highest BCUT2D eigenvalue weighted by Crippen LogP contribution is 2.28. The van der Waals surface area contributed by atoms with Crippen LogP contribution in [0, 0.1) is 0 Å². The zero-order chi connectivity index (χ0) is 14.7. The highest BCUT2D eigenvalue weighted by Gasteiger charge is 2.28. The molecule has 116 valence electrons. The number of nitrogens with one attached hydrogen (secondary N) is 1. The Balaban J connectivity index is 1.64. The molecule has 0 spiro atoms. The summed E-state index contributed by atoms with van der Waals surface area (Å²) >= 11 is 3.69. The standard InChI is InChI=1S/C16H24BrN3O/c1-18-11-13-2-3-14(10-16(13)17)20-5-4-15(12-20)19-6-8-21-9-7-19/h2-3,10,15,18H,4-9,11-12H2,1H3. The summed E-state index contributed by atoms with van der Waals surface area (Å²) in [6.45, 7) is 7.14. The Kier molecular flexibility index (Phi) is 5.16. The van der Waals surface area contributed by atoms with Gasteiger partial charge < -0.3 is 15.0 Å². The Morgan fingerprint density at radius 3 is 2.81 bits per heavy atom. The smallest absolute Gasteiger partial charge is 0.0594 e. The second-order valence-electron chi connectivity index (χ2n) is 5.84. The fourth-order valence-corrected chi connectivity index (χ4v) is 3.79. The molecule has 0 amide bonds. The van der Waals surface area contributed by atoms with E-state index in [0.717, 1.165) is 45.9 Å². The molecule has 1 atom stereocenters. The van der Waals surface area contributed by atoms with Gasteiger partial charge >= 0.3 is 0 Å². The van der Waals surface area contributed by atoms with Crippen molar-refractivity contribution in [3.63, 3.8) is 0 Å². The van der Waals surface area contributed by atoms with Gasteiger partial charge in [-0.1, -0.05) is 22.0 Å². The van der Waals surface area contributed by atoms with Crippen LogP contribution >= 0.6 is 15.9 Å². The molecule has 1 N–H and O–H groups in total. The summed E-state index contributed by atoms with van der Waals surface area (Å²) < 4.78 is 6.65. The maximum Gasteiger partial charge on any atom is 0.0594 e. The number of benzene rings is 1. The third-order valence-electron chi connectivity index (χ3n) is 4.49. The first-order valence-electron chi connectivity index (χ1n) is 7.77. The summed E-state index contributed by atoms with van der Waals surface area (Å²) in [4.78, 5) is 5.10. The highest BCUT2D eigenvalue weighted by atomic mass is 79.9. The lowest BCUT2D eigenvalue weighted by Gasteiger charge is -2.32. The van der Waals surface area contributed by atoms with E-state index in [-0.39, 0.29) is 0 Å². The number of rotatable bonds is 4. The van der Waals surface area contributed by atoms with Crippen molar-refractivity contribution in [3.05, 3.63) is 28.2 Å². The predicted molar refractivity (Wildman–Crippen MR) is 89.9 cm³/mol. The first-order valence-corrected chi connectivity index (χ1v) is 8.57. The van der Waals surface area contributed by atoms with Crippen LogP contribution in [-0.2, 0) is 11.3 Å². The monoisotopic (exact) mass is 353 g/mol. The normalized spacial score (nSPS) is 23.7. The maximum absolute atomic E-state index is 5.46. The Morgan fingerprint density at radius 2 is 2.10 bits per heavy atom. The van der Waals surface area contributed by atoms with Gasteiger partial charge in [0.25, 0.3) is 0 Å². The molecule has 0 bridgehead atoms. The van der Waals surface area contributed by atoms with Gasteiger partial charge in [0.15, 0.2) is 0 Å². The van der Waals surface area contributed by atoms with Gasteiger partial charge in [0.1, 0.15) is 0 Å². The molecular formula is C16H24BrN3O. The third kappa shape index (κ3) is 3.59. The van der Waals surface area contributed by atoms with Crippen LogP contribution in [0.3, 0.4) is 0 Å². The van der Waals surface area contributed by atoms with Gasteiger partial charge in [0.2, 0.25) is 0 Å². The summed E-state index contributed by atoms with van der Waals surface area (Å²) in [7, 11) is 1.98. The minimum absolute atomic E-state index is 0.685. The van der Waals surface area contributed by atoms with Crippen LogP contribution in [0.5, 0.6) is 0 Å². The highest BCUT2D eigenvalue weighted by molar-refractivity contribution is 9.10. The second kappa shape index (κ2) is 7.09. The van der Waals surface area contributed by atoms with Crippen molar-refractivity contribution < 1.29 is 4.74 Å². The SMILES string of the molecule is CNCc1ccc(N2CCC(N3CCOCC3)C2)cc1Br. The van der Waals surface area contributed by atoms with Gasteiger partial charge in [-0.05, 0) is 31.2 Å². The fraction of sp³-hybridized carbons (Fsp3) is 0.625. The zero-order valence-corrected chi connectivity index (χ0v) is 14.2. The number of anilines is 1. The van der Waals surface area contributed by atoms with E-state index in [1.807, 2.05) is 7.05 Å². The summed E-state index contributed by atoms with van der Waals surface area (Å²) in [6.07, 6.45) is 1.26. The molecule has 2 heterocycles. The van der Waals surface area contributed by atoms with Crippen LogP contribution < -0.4 is 10.2 Å². The molecule has 21 heavy (non-hydrogen) atoms. The quantitative estimate of drug-likeness (QED) is 0.896. The molecule has 4 nitrogen and oxygen atoms in total. The number of hydrogen-bond acceptors (Lipinski definition) is 4. The summed E-state index contributed by atoms with van der Waals surface area (Å²) in [5.74, 6) is 0. The van der Waals surface area contributed by atoms with Gasteiger partial charge in [-0.25, -0.2) is 0 Å². The van der Waals surface area contributed by atoms with Gasteiger partial charge in [0, 0.05) is 48.9 Å². The number of nitrogens with zero attached hydrogens (tertiary/aromatic N) is 2. The van der Waals surface area contributed by atoms with Crippen molar-refractivity contribution in [1.82, 2.24) is 10.2 Å². The molecule has 2 aliphatic rings. The molecular weight excluding hydrogens is 330 g/mol. The van der Waals surface area contributed by atoms with Crippen molar-refractivity contribution in [2.75, 3.05) is 51.3 Å². The largest absolute Gasteiger partial charge is 0.379 e. The second-order valence-corrected chi connectivity index (χ2v) is 6.70. The molecule has 1 aromatic rings. The third-order valence-corrected chi connectivity index (χ3v) is 5.23. The molecule has 0 saturated carbocycles. The van der Waals surface area contributed by atoms with E-state index in [9.17, 15) is 0 Å². The number of ether oxygens (including phenoxy) is 1. The topological polar surface area (TPSA) is 27.7 Å². The van der Waals surface area contributed by atoms with Gasteiger partial charge in [-0.15, -0.1) is 0 Å². The number of halogens is 1. The average molecular weight is 354 g/mol. The number of morpholine rings is 1. The zero-order valence-electron chi connectivity index (χ0n) is 12.6. The molecule has 2 aliphatic heterocycles. The van der Waals surface area contributed by atoms with Gasteiger partial charge in [0.05, 0.1) is 13.2 Å². The lowest BCUT2D eigenvalue weighted by atomic mass is 10.2. The molecule has 0 radical (unpaired) electrons. The van der Waals surface area contributed by atoms with Crippen molar-refractivity contribution >= 4 is 21.6 Å². The van der Waals surface area contributed by atoms with Gasteiger partial charge in [-0.3, -0.25) is 4.90 Å². The average Bonchev–Trinajstić information content (AvgIpc) is 3.00. The van der Waals surface area contributed by atoms with E-state index >= 15 is 0 Å². The first-order chi connectivity index (χ1) is 10.3. The van der Waals surface area contributed by atoms with Crippen LogP contribution in [0.2, 0.25) is 0 Å². The van der Waals surface area contributed by atoms with Crippen molar-refractivity contribution in [3.8, 4) is 0 Å². The lowest BCUT2D eigenvalue weighted by molar-refractivity contribution is 0.0209. The first kappa shape index (κ1) is 15.3. The van der Waals surface area contributed by atoms with E-state index < -0.39 is 0 Å². The van der Waals surface area contributed by atoms with E-state index in [2.05, 4.69) is 49.2 Å². The summed E-state index contributed by atoms with van der Waals surface area (Å²) in [5.41, 5.74) is 2.64. The molecule has 2 saturated heterocycles. The molecule has 1 unspecified atom stereocenters. The molecule has 2 fully saturated rings. The summed E-state index contributed by atoms with van der Waals surface area (Å²) in [5, 5.41) is 3.20. The van der Waals surface area contributed by atoms with Crippen LogP contribution in [0.4, 0.5) is 5.69 Å². The minimum atomic E-state index is 0.685. The van der Waals surface area contributed by atoms with Gasteiger partial charge in [-0.2, -0.15) is 0 Å². The van der Waals surface area contributed by atoms with Crippen molar-refractivity contribution in [1.29, 1.82) is 0 Å². The maximum atomic E-state index is 5.46. The number of hydrogen-bond donors (Lipinski definition) is 1.